The number of rotatable bonds is 4. The summed E-state index contributed by atoms with van der Waals surface area (Å²) in [5.74, 6) is 0.571. The summed E-state index contributed by atoms with van der Waals surface area (Å²) in [5, 5.41) is 3.24. The topological polar surface area (TPSA) is 46.9 Å². The highest BCUT2D eigenvalue weighted by Gasteiger charge is 2.08. The highest BCUT2D eigenvalue weighted by atomic mass is 79.9. The van der Waals surface area contributed by atoms with Crippen molar-refractivity contribution in [2.24, 2.45) is 7.05 Å². The molecule has 1 N–H and O–H groups in total. The molecule has 2 aromatic rings. The van der Waals surface area contributed by atoms with Gasteiger partial charge in [-0.2, -0.15) is 0 Å². The average molecular weight is 336 g/mol. The van der Waals surface area contributed by atoms with Gasteiger partial charge in [0.25, 0.3) is 5.56 Å². The molecule has 0 atom stereocenters. The molecule has 0 unspecified atom stereocenters. The van der Waals surface area contributed by atoms with Crippen molar-refractivity contribution in [2.45, 2.75) is 26.7 Å². The molecular weight excluding hydrogens is 318 g/mol. The summed E-state index contributed by atoms with van der Waals surface area (Å²) in [7, 11) is 1.72. The summed E-state index contributed by atoms with van der Waals surface area (Å²) in [5.41, 5.74) is 2.81. The Labute approximate surface area is 127 Å². The van der Waals surface area contributed by atoms with Crippen LogP contribution in [0, 0.1) is 6.92 Å². The number of hydrogen-bond donors (Lipinski definition) is 1. The van der Waals surface area contributed by atoms with Crippen molar-refractivity contribution in [3.63, 3.8) is 0 Å². The Bertz CT molecular complexity index is 679. The van der Waals surface area contributed by atoms with E-state index in [2.05, 4.69) is 33.2 Å². The normalized spacial score (nSPS) is 10.6. The van der Waals surface area contributed by atoms with Gasteiger partial charge in [-0.15, -0.1) is 0 Å². The molecule has 0 fully saturated rings. The third kappa shape index (κ3) is 3.10. The number of hydrogen-bond acceptors (Lipinski definition) is 3. The first-order chi connectivity index (χ1) is 9.52. The van der Waals surface area contributed by atoms with E-state index in [1.807, 2.05) is 25.1 Å². The Hall–Kier alpha value is -1.62. The molecule has 20 heavy (non-hydrogen) atoms. The molecule has 0 saturated carbocycles. The smallest absolute Gasteiger partial charge is 0.254 e. The van der Waals surface area contributed by atoms with E-state index >= 15 is 0 Å². The van der Waals surface area contributed by atoms with Gasteiger partial charge in [-0.05, 0) is 31.0 Å². The zero-order chi connectivity index (χ0) is 14.7. The summed E-state index contributed by atoms with van der Waals surface area (Å²) in [6.45, 7) is 4.09. The SMILES string of the molecule is CCCc1cc(=O)n(C)c(Nc2cccc(Br)c2C)n1. The van der Waals surface area contributed by atoms with Crippen LogP contribution in [0.2, 0.25) is 0 Å². The predicted molar refractivity (Wildman–Crippen MR) is 85.6 cm³/mol. The van der Waals surface area contributed by atoms with Gasteiger partial charge in [0, 0.05) is 29.0 Å². The number of aryl methyl sites for hydroxylation is 1. The van der Waals surface area contributed by atoms with Gasteiger partial charge in [0.05, 0.1) is 0 Å². The minimum Gasteiger partial charge on any atom is -0.325 e. The van der Waals surface area contributed by atoms with Crippen molar-refractivity contribution in [2.75, 3.05) is 5.32 Å². The van der Waals surface area contributed by atoms with Crippen LogP contribution in [0.5, 0.6) is 0 Å². The van der Waals surface area contributed by atoms with Gasteiger partial charge in [0.15, 0.2) is 0 Å². The number of benzene rings is 1. The van der Waals surface area contributed by atoms with E-state index in [1.54, 1.807) is 13.1 Å². The van der Waals surface area contributed by atoms with Crippen molar-refractivity contribution >= 4 is 27.6 Å². The van der Waals surface area contributed by atoms with E-state index in [4.69, 9.17) is 0 Å². The lowest BCUT2D eigenvalue weighted by Crippen LogP contribution is -2.21. The molecule has 0 aliphatic heterocycles. The molecule has 1 aromatic carbocycles. The van der Waals surface area contributed by atoms with Crippen LogP contribution in [0.3, 0.4) is 0 Å². The fourth-order valence-electron chi connectivity index (χ4n) is 1.95. The van der Waals surface area contributed by atoms with Crippen molar-refractivity contribution in [1.29, 1.82) is 0 Å². The lowest BCUT2D eigenvalue weighted by molar-refractivity contribution is 0.795. The highest BCUT2D eigenvalue weighted by molar-refractivity contribution is 9.10. The number of halogens is 1. The second-order valence-electron chi connectivity index (χ2n) is 4.76. The first-order valence-corrected chi connectivity index (χ1v) is 7.41. The van der Waals surface area contributed by atoms with Gasteiger partial charge in [-0.3, -0.25) is 9.36 Å². The molecule has 0 aliphatic rings. The van der Waals surface area contributed by atoms with Crippen molar-refractivity contribution in [1.82, 2.24) is 9.55 Å². The molecule has 0 spiro atoms. The lowest BCUT2D eigenvalue weighted by Gasteiger charge is -2.13. The van der Waals surface area contributed by atoms with Crippen LogP contribution in [0.25, 0.3) is 0 Å². The Morgan fingerprint density at radius 3 is 2.85 bits per heavy atom. The standard InChI is InChI=1S/C15H18BrN3O/c1-4-6-11-9-14(20)19(3)15(17-11)18-13-8-5-7-12(16)10(13)2/h5,7-9H,4,6H2,1-3H3,(H,17,18). The second-order valence-corrected chi connectivity index (χ2v) is 5.61. The summed E-state index contributed by atoms with van der Waals surface area (Å²) in [6.07, 6.45) is 1.78. The van der Waals surface area contributed by atoms with Gasteiger partial charge >= 0.3 is 0 Å². The number of nitrogens with one attached hydrogen (secondary N) is 1. The summed E-state index contributed by atoms with van der Waals surface area (Å²) in [4.78, 5) is 16.5. The maximum atomic E-state index is 12.0. The molecular formula is C15H18BrN3O. The van der Waals surface area contributed by atoms with Crippen molar-refractivity contribution < 1.29 is 0 Å². The fraction of sp³-hybridized carbons (Fsp3) is 0.333. The third-order valence-corrected chi connectivity index (χ3v) is 4.07. The zero-order valence-corrected chi connectivity index (χ0v) is 13.5. The number of anilines is 2. The van der Waals surface area contributed by atoms with E-state index in [1.165, 1.54) is 4.57 Å². The van der Waals surface area contributed by atoms with Crippen LogP contribution in [-0.2, 0) is 13.5 Å². The maximum Gasteiger partial charge on any atom is 0.254 e. The average Bonchev–Trinajstić information content (AvgIpc) is 2.41. The van der Waals surface area contributed by atoms with Crippen molar-refractivity contribution in [3.05, 3.63) is 50.3 Å². The Kier molecular flexibility index (Phi) is 4.60. The summed E-state index contributed by atoms with van der Waals surface area (Å²) < 4.78 is 2.55. The lowest BCUT2D eigenvalue weighted by atomic mass is 10.2. The molecule has 5 heteroatoms. The molecule has 106 valence electrons. The molecule has 0 bridgehead atoms. The van der Waals surface area contributed by atoms with E-state index < -0.39 is 0 Å². The molecule has 0 radical (unpaired) electrons. The fourth-order valence-corrected chi connectivity index (χ4v) is 2.31. The van der Waals surface area contributed by atoms with Crippen LogP contribution in [0.4, 0.5) is 11.6 Å². The van der Waals surface area contributed by atoms with Crippen LogP contribution in [0.15, 0.2) is 33.5 Å². The first-order valence-electron chi connectivity index (χ1n) is 6.62. The molecule has 1 heterocycles. The molecule has 0 amide bonds. The molecule has 2 rings (SSSR count). The molecule has 0 saturated heterocycles. The quantitative estimate of drug-likeness (QED) is 0.929. The minimum absolute atomic E-state index is 0.0430. The molecule has 1 aromatic heterocycles. The van der Waals surface area contributed by atoms with Gasteiger partial charge in [0.1, 0.15) is 0 Å². The van der Waals surface area contributed by atoms with Crippen molar-refractivity contribution in [3.8, 4) is 0 Å². The number of nitrogens with zero attached hydrogens (tertiary/aromatic N) is 2. The van der Waals surface area contributed by atoms with Gasteiger partial charge in [-0.25, -0.2) is 4.98 Å². The van der Waals surface area contributed by atoms with Crippen LogP contribution in [0.1, 0.15) is 24.6 Å². The Morgan fingerprint density at radius 1 is 1.40 bits per heavy atom. The Morgan fingerprint density at radius 2 is 2.15 bits per heavy atom. The summed E-state index contributed by atoms with van der Waals surface area (Å²) in [6, 6.07) is 7.51. The molecule has 4 nitrogen and oxygen atoms in total. The van der Waals surface area contributed by atoms with Crippen LogP contribution < -0.4 is 10.9 Å². The van der Waals surface area contributed by atoms with Crippen LogP contribution >= 0.6 is 15.9 Å². The highest BCUT2D eigenvalue weighted by Crippen LogP contribution is 2.25. The third-order valence-electron chi connectivity index (χ3n) is 3.21. The monoisotopic (exact) mass is 335 g/mol. The van der Waals surface area contributed by atoms with Gasteiger partial charge < -0.3 is 5.32 Å². The van der Waals surface area contributed by atoms with E-state index in [0.717, 1.165) is 34.3 Å². The number of aromatic nitrogens is 2. The van der Waals surface area contributed by atoms with Gasteiger partial charge in [-0.1, -0.05) is 35.3 Å². The predicted octanol–water partition coefficient (Wildman–Crippen LogP) is 3.55. The largest absolute Gasteiger partial charge is 0.325 e. The van der Waals surface area contributed by atoms with E-state index in [-0.39, 0.29) is 5.56 Å². The van der Waals surface area contributed by atoms with E-state index in [9.17, 15) is 4.79 Å². The van der Waals surface area contributed by atoms with E-state index in [0.29, 0.717) is 5.95 Å². The second kappa shape index (κ2) is 6.22. The summed E-state index contributed by atoms with van der Waals surface area (Å²) >= 11 is 3.50. The Balaban J connectivity index is 2.42. The van der Waals surface area contributed by atoms with Gasteiger partial charge in [0.2, 0.25) is 5.95 Å². The minimum atomic E-state index is -0.0430. The zero-order valence-electron chi connectivity index (χ0n) is 11.9. The first kappa shape index (κ1) is 14.8. The van der Waals surface area contributed by atoms with Crippen LogP contribution in [-0.4, -0.2) is 9.55 Å². The maximum absolute atomic E-state index is 12.0. The molecule has 0 aliphatic carbocycles.